The molecular formula is C10H18N2O4S2. The van der Waals surface area contributed by atoms with E-state index >= 15 is 0 Å². The van der Waals surface area contributed by atoms with Crippen LogP contribution in [-0.4, -0.2) is 42.0 Å². The van der Waals surface area contributed by atoms with Gasteiger partial charge < -0.3 is 10.1 Å². The number of aliphatic hydroxyl groups excluding tert-OH is 1. The third-order valence-corrected chi connectivity index (χ3v) is 6.09. The highest BCUT2D eigenvalue weighted by Gasteiger charge is 2.30. The summed E-state index contributed by atoms with van der Waals surface area (Å²) in [7, 11) is -3.67. The summed E-state index contributed by atoms with van der Waals surface area (Å²) in [5, 5.41) is 8.82. The third kappa shape index (κ3) is 3.19. The van der Waals surface area contributed by atoms with Gasteiger partial charge in [0.15, 0.2) is 4.21 Å². The van der Waals surface area contributed by atoms with Crippen molar-refractivity contribution in [2.45, 2.75) is 37.4 Å². The highest BCUT2D eigenvalue weighted by molar-refractivity contribution is 7.91. The number of nitrogens with one attached hydrogen (secondary N) is 1. The number of H-pyrrole nitrogens is 1. The van der Waals surface area contributed by atoms with Gasteiger partial charge in [-0.15, -0.1) is 0 Å². The topological polar surface area (TPSA) is 90.5 Å². The molecule has 0 aliphatic carbocycles. The molecule has 18 heavy (non-hydrogen) atoms. The molecule has 6 nitrogen and oxygen atoms in total. The SMILES string of the molecule is Cc1[nH]c(=O)sc1S(=O)(=O)N(CCCO)C(C)C. The molecular weight excluding hydrogens is 276 g/mol. The zero-order valence-electron chi connectivity index (χ0n) is 10.6. The van der Waals surface area contributed by atoms with Crippen molar-refractivity contribution in [2.75, 3.05) is 13.2 Å². The third-order valence-electron chi connectivity index (χ3n) is 2.44. The minimum absolute atomic E-state index is 0.0548. The molecule has 104 valence electrons. The van der Waals surface area contributed by atoms with Gasteiger partial charge in [0.2, 0.25) is 0 Å². The molecule has 2 N–H and O–H groups in total. The minimum Gasteiger partial charge on any atom is -0.396 e. The van der Waals surface area contributed by atoms with Crippen LogP contribution in [0.5, 0.6) is 0 Å². The monoisotopic (exact) mass is 294 g/mol. The largest absolute Gasteiger partial charge is 0.396 e. The van der Waals surface area contributed by atoms with Gasteiger partial charge in [0, 0.05) is 24.9 Å². The summed E-state index contributed by atoms with van der Waals surface area (Å²) in [5.74, 6) is 0. The molecule has 8 heteroatoms. The van der Waals surface area contributed by atoms with E-state index in [9.17, 15) is 13.2 Å². The molecule has 0 saturated carbocycles. The van der Waals surface area contributed by atoms with E-state index in [1.165, 1.54) is 4.31 Å². The van der Waals surface area contributed by atoms with Crippen LogP contribution in [0.3, 0.4) is 0 Å². The van der Waals surface area contributed by atoms with Crippen molar-refractivity contribution >= 4 is 21.4 Å². The number of aliphatic hydroxyl groups is 1. The molecule has 1 heterocycles. The number of aromatic nitrogens is 1. The fourth-order valence-corrected chi connectivity index (χ4v) is 4.71. The molecule has 1 aromatic rings. The van der Waals surface area contributed by atoms with Crippen molar-refractivity contribution in [2.24, 2.45) is 0 Å². The summed E-state index contributed by atoms with van der Waals surface area (Å²) < 4.78 is 26.2. The van der Waals surface area contributed by atoms with Crippen LogP contribution in [0.4, 0.5) is 0 Å². The summed E-state index contributed by atoms with van der Waals surface area (Å²) >= 11 is 0.697. The molecule has 0 bridgehead atoms. The summed E-state index contributed by atoms with van der Waals surface area (Å²) in [6.07, 6.45) is 0.371. The van der Waals surface area contributed by atoms with Crippen LogP contribution >= 0.6 is 11.3 Å². The first kappa shape index (κ1) is 15.4. The van der Waals surface area contributed by atoms with E-state index in [0.717, 1.165) is 0 Å². The van der Waals surface area contributed by atoms with Crippen molar-refractivity contribution in [3.05, 3.63) is 15.4 Å². The lowest BCUT2D eigenvalue weighted by Gasteiger charge is -2.25. The normalized spacial score (nSPS) is 12.6. The molecule has 0 aliphatic heterocycles. The molecule has 0 radical (unpaired) electrons. The van der Waals surface area contributed by atoms with Gasteiger partial charge >= 0.3 is 4.87 Å². The zero-order chi connectivity index (χ0) is 13.9. The molecule has 0 spiro atoms. The van der Waals surface area contributed by atoms with Crippen LogP contribution in [0.15, 0.2) is 9.00 Å². The van der Waals surface area contributed by atoms with Crippen molar-refractivity contribution in [3.63, 3.8) is 0 Å². The number of hydrogen-bond donors (Lipinski definition) is 2. The first-order valence-corrected chi connectivity index (χ1v) is 7.88. The molecule has 0 amide bonds. The number of rotatable bonds is 6. The summed E-state index contributed by atoms with van der Waals surface area (Å²) in [6, 6.07) is -0.224. The number of aryl methyl sites for hydroxylation is 1. The maximum absolute atomic E-state index is 12.4. The lowest BCUT2D eigenvalue weighted by atomic mass is 10.3. The molecule has 0 fully saturated rings. The molecule has 0 atom stereocenters. The Morgan fingerprint density at radius 1 is 1.44 bits per heavy atom. The fraction of sp³-hybridized carbons (Fsp3) is 0.700. The van der Waals surface area contributed by atoms with E-state index in [1.54, 1.807) is 20.8 Å². The molecule has 0 unspecified atom stereocenters. The van der Waals surface area contributed by atoms with E-state index in [-0.39, 0.29) is 28.3 Å². The molecule has 0 aliphatic rings. The van der Waals surface area contributed by atoms with Gasteiger partial charge in [0.1, 0.15) is 0 Å². The lowest BCUT2D eigenvalue weighted by Crippen LogP contribution is -2.37. The van der Waals surface area contributed by atoms with E-state index in [0.29, 0.717) is 23.5 Å². The van der Waals surface area contributed by atoms with Gasteiger partial charge in [-0.05, 0) is 27.2 Å². The Hall–Kier alpha value is -0.700. The minimum atomic E-state index is -3.67. The van der Waals surface area contributed by atoms with Crippen LogP contribution in [0.25, 0.3) is 0 Å². The second kappa shape index (κ2) is 5.96. The average molecular weight is 294 g/mol. The summed E-state index contributed by atoms with van der Waals surface area (Å²) in [6.45, 7) is 5.26. The standard InChI is InChI=1S/C10H18N2O4S2/c1-7(2)12(5-4-6-13)18(15,16)9-8(3)11-10(14)17-9/h7,13H,4-6H2,1-3H3,(H,11,14). The van der Waals surface area contributed by atoms with Gasteiger partial charge in [-0.3, -0.25) is 4.79 Å². The number of thiazole rings is 1. The van der Waals surface area contributed by atoms with Gasteiger partial charge in [-0.1, -0.05) is 11.3 Å². The van der Waals surface area contributed by atoms with Crippen LogP contribution in [0, 0.1) is 6.92 Å². The maximum atomic E-state index is 12.4. The number of nitrogens with zero attached hydrogens (tertiary/aromatic N) is 1. The second-order valence-corrected chi connectivity index (χ2v) is 7.28. The maximum Gasteiger partial charge on any atom is 0.305 e. The Labute approximate surface area is 110 Å². The van der Waals surface area contributed by atoms with E-state index in [1.807, 2.05) is 0 Å². The van der Waals surface area contributed by atoms with Crippen LogP contribution in [-0.2, 0) is 10.0 Å². The van der Waals surface area contributed by atoms with Crippen LogP contribution in [0.2, 0.25) is 0 Å². The molecule has 1 aromatic heterocycles. The Bertz CT molecular complexity index is 544. The first-order valence-electron chi connectivity index (χ1n) is 5.63. The summed E-state index contributed by atoms with van der Waals surface area (Å²) in [4.78, 5) is 13.3. The zero-order valence-corrected chi connectivity index (χ0v) is 12.3. The number of sulfonamides is 1. The van der Waals surface area contributed by atoms with Crippen molar-refractivity contribution < 1.29 is 13.5 Å². The van der Waals surface area contributed by atoms with Gasteiger partial charge in [0.25, 0.3) is 10.0 Å². The van der Waals surface area contributed by atoms with E-state index in [4.69, 9.17) is 5.11 Å². The highest BCUT2D eigenvalue weighted by atomic mass is 32.2. The average Bonchev–Trinajstić information content (AvgIpc) is 2.58. The molecule has 0 aromatic carbocycles. The second-order valence-electron chi connectivity index (χ2n) is 4.21. The number of hydrogen-bond acceptors (Lipinski definition) is 5. The van der Waals surface area contributed by atoms with Crippen molar-refractivity contribution in [1.29, 1.82) is 0 Å². The van der Waals surface area contributed by atoms with Gasteiger partial charge in [0.05, 0.1) is 0 Å². The lowest BCUT2D eigenvalue weighted by molar-refractivity contribution is 0.258. The van der Waals surface area contributed by atoms with E-state index in [2.05, 4.69) is 4.98 Å². The fourth-order valence-electron chi connectivity index (χ4n) is 1.63. The van der Waals surface area contributed by atoms with Gasteiger partial charge in [-0.25, -0.2) is 8.42 Å². The van der Waals surface area contributed by atoms with Gasteiger partial charge in [-0.2, -0.15) is 4.31 Å². The van der Waals surface area contributed by atoms with E-state index < -0.39 is 10.0 Å². The predicted molar refractivity (Wildman–Crippen MR) is 70.4 cm³/mol. The Kier molecular flexibility index (Phi) is 5.09. The molecule has 1 rings (SSSR count). The quantitative estimate of drug-likeness (QED) is 0.800. The smallest absolute Gasteiger partial charge is 0.305 e. The first-order chi connectivity index (χ1) is 8.30. The number of aromatic amines is 1. The summed E-state index contributed by atoms with van der Waals surface area (Å²) in [5.41, 5.74) is 0.361. The Balaban J connectivity index is 3.17. The van der Waals surface area contributed by atoms with Crippen LogP contribution in [0.1, 0.15) is 26.0 Å². The van der Waals surface area contributed by atoms with Crippen molar-refractivity contribution in [1.82, 2.24) is 9.29 Å². The Morgan fingerprint density at radius 2 is 2.06 bits per heavy atom. The Morgan fingerprint density at radius 3 is 2.44 bits per heavy atom. The highest BCUT2D eigenvalue weighted by Crippen LogP contribution is 2.23. The predicted octanol–water partition coefficient (Wildman–Crippen LogP) is 0.526. The molecule has 0 saturated heterocycles. The van der Waals surface area contributed by atoms with Crippen LogP contribution < -0.4 is 4.87 Å². The van der Waals surface area contributed by atoms with Crippen molar-refractivity contribution in [3.8, 4) is 0 Å².